The first-order valence-corrected chi connectivity index (χ1v) is 13.2. The number of urea groups is 1. The second-order valence-corrected chi connectivity index (χ2v) is 11.6. The first-order chi connectivity index (χ1) is 16.2. The van der Waals surface area contributed by atoms with E-state index in [9.17, 15) is 14.4 Å². The molecule has 0 aromatic heterocycles. The first kappa shape index (κ1) is 23.6. The highest BCUT2D eigenvalue weighted by Crippen LogP contribution is 2.62. The van der Waals surface area contributed by atoms with Gasteiger partial charge in [-0.15, -0.1) is 0 Å². The predicted molar refractivity (Wildman–Crippen MR) is 135 cm³/mol. The highest BCUT2D eigenvalue weighted by molar-refractivity contribution is 14.1. The van der Waals surface area contributed by atoms with Crippen molar-refractivity contribution in [1.29, 1.82) is 0 Å². The lowest BCUT2D eigenvalue weighted by Gasteiger charge is -2.60. The maximum atomic E-state index is 13.6. The van der Waals surface area contributed by atoms with Crippen molar-refractivity contribution < 1.29 is 23.9 Å². The van der Waals surface area contributed by atoms with Gasteiger partial charge in [0.1, 0.15) is 5.57 Å². The van der Waals surface area contributed by atoms with Crippen LogP contribution in [-0.2, 0) is 9.59 Å². The second-order valence-electron chi connectivity index (χ2n) is 10.4. The van der Waals surface area contributed by atoms with Gasteiger partial charge in [-0.05, 0) is 122 Å². The zero-order valence-corrected chi connectivity index (χ0v) is 22.0. The molecule has 1 N–H and O–H groups in total. The van der Waals surface area contributed by atoms with Crippen LogP contribution in [0.25, 0.3) is 6.08 Å². The number of carbonyl (C=O) groups excluding carboxylic acids is 3. The minimum Gasteiger partial charge on any atom is -0.493 e. The molecule has 8 heteroatoms. The zero-order chi connectivity index (χ0) is 24.2. The molecule has 1 atom stereocenters. The summed E-state index contributed by atoms with van der Waals surface area (Å²) in [7, 11) is 1.55. The molecule has 0 spiro atoms. The molecule has 7 nitrogen and oxygen atoms in total. The van der Waals surface area contributed by atoms with Crippen molar-refractivity contribution in [2.75, 3.05) is 13.7 Å². The summed E-state index contributed by atoms with van der Waals surface area (Å²) in [6.45, 7) is 4.39. The summed E-state index contributed by atoms with van der Waals surface area (Å²) >= 11 is 2.15. The van der Waals surface area contributed by atoms with E-state index in [0.29, 0.717) is 41.4 Å². The van der Waals surface area contributed by atoms with Gasteiger partial charge in [0.25, 0.3) is 11.8 Å². The number of nitrogens with one attached hydrogen (secondary N) is 1. The number of nitrogens with zero attached hydrogens (tertiary/aromatic N) is 1. The number of benzene rings is 1. The summed E-state index contributed by atoms with van der Waals surface area (Å²) in [5, 5.41) is 2.42. The molecule has 4 bridgehead atoms. The number of imide groups is 2. The standard InChI is InChI=1S/C26H31IN2O5/c1-4-34-22-20(27)9-15(10-21(22)33-3)8-19-23(30)28-25(32)29(24(19)31)14(2)26-11-16-5-17(12-26)7-18(6-16)13-26/h8-10,14,16-18H,4-7,11-13H2,1-3H3,(H,28,30,32)/b19-8+/t14-,16?,17?,18?,26?/m0/s1. The quantitative estimate of drug-likeness (QED) is 0.299. The Bertz CT molecular complexity index is 1050. The summed E-state index contributed by atoms with van der Waals surface area (Å²) < 4.78 is 11.9. The fourth-order valence-electron chi connectivity index (χ4n) is 7.26. The number of hydrogen-bond donors (Lipinski definition) is 1. The number of rotatable bonds is 6. The molecule has 6 rings (SSSR count). The van der Waals surface area contributed by atoms with Crippen LogP contribution in [0.2, 0.25) is 0 Å². The summed E-state index contributed by atoms with van der Waals surface area (Å²) in [5.41, 5.74) is 0.573. The Morgan fingerprint density at radius 2 is 1.76 bits per heavy atom. The van der Waals surface area contributed by atoms with E-state index in [-0.39, 0.29) is 17.0 Å². The number of hydrogen-bond acceptors (Lipinski definition) is 5. The van der Waals surface area contributed by atoms with Crippen LogP contribution in [0, 0.1) is 26.7 Å². The summed E-state index contributed by atoms with van der Waals surface area (Å²) in [5.74, 6) is 2.08. The Hall–Kier alpha value is -2.10. The SMILES string of the molecule is CCOc1c(I)cc(/C=C2\C(=O)NC(=O)N([C@@H](C)C34CC5CC(CC(C5)C3)C4)C2=O)cc1OC. The zero-order valence-electron chi connectivity index (χ0n) is 19.9. The fraction of sp³-hybridized carbons (Fsp3) is 0.577. The van der Waals surface area contributed by atoms with Crippen LogP contribution in [0.15, 0.2) is 17.7 Å². The van der Waals surface area contributed by atoms with Gasteiger partial charge >= 0.3 is 6.03 Å². The highest BCUT2D eigenvalue weighted by Gasteiger charge is 2.56. The third-order valence-electron chi connectivity index (χ3n) is 8.34. The molecule has 34 heavy (non-hydrogen) atoms. The monoisotopic (exact) mass is 578 g/mol. The molecule has 0 radical (unpaired) electrons. The molecule has 1 aromatic rings. The smallest absolute Gasteiger partial charge is 0.331 e. The van der Waals surface area contributed by atoms with Gasteiger partial charge in [-0.1, -0.05) is 0 Å². The molecule has 1 aromatic carbocycles. The number of amides is 4. The summed E-state index contributed by atoms with van der Waals surface area (Å²) in [6.07, 6.45) is 8.61. The third kappa shape index (κ3) is 3.91. The average Bonchev–Trinajstić information content (AvgIpc) is 2.77. The molecule has 4 saturated carbocycles. The second kappa shape index (κ2) is 8.84. The van der Waals surface area contributed by atoms with E-state index in [2.05, 4.69) is 27.9 Å². The van der Waals surface area contributed by atoms with E-state index in [0.717, 1.165) is 22.8 Å². The van der Waals surface area contributed by atoms with Crippen molar-refractivity contribution in [1.82, 2.24) is 10.2 Å². The van der Waals surface area contributed by atoms with Crippen molar-refractivity contribution in [3.8, 4) is 11.5 Å². The molecular weight excluding hydrogens is 547 g/mol. The Morgan fingerprint density at radius 1 is 1.15 bits per heavy atom. The molecule has 1 heterocycles. The number of barbiturate groups is 1. The fourth-order valence-corrected chi connectivity index (χ4v) is 8.04. The van der Waals surface area contributed by atoms with Crippen molar-refractivity contribution in [2.45, 2.75) is 58.4 Å². The summed E-state index contributed by atoms with van der Waals surface area (Å²) in [4.78, 5) is 40.6. The normalized spacial score (nSPS) is 32.2. The molecule has 0 unspecified atom stereocenters. The van der Waals surface area contributed by atoms with Gasteiger partial charge < -0.3 is 9.47 Å². The maximum absolute atomic E-state index is 13.6. The van der Waals surface area contributed by atoms with Crippen LogP contribution < -0.4 is 14.8 Å². The van der Waals surface area contributed by atoms with Crippen LogP contribution in [0.3, 0.4) is 0 Å². The van der Waals surface area contributed by atoms with Crippen LogP contribution in [0.5, 0.6) is 11.5 Å². The van der Waals surface area contributed by atoms with E-state index in [4.69, 9.17) is 9.47 Å². The van der Waals surface area contributed by atoms with Crippen LogP contribution >= 0.6 is 22.6 Å². The minimum absolute atomic E-state index is 0.0295. The molecule has 1 aliphatic heterocycles. The number of methoxy groups -OCH3 is 1. The Kier molecular flexibility index (Phi) is 6.14. The third-order valence-corrected chi connectivity index (χ3v) is 9.14. The molecule has 5 fully saturated rings. The van der Waals surface area contributed by atoms with E-state index in [1.165, 1.54) is 24.2 Å². The number of ether oxygens (including phenoxy) is 2. The lowest BCUT2D eigenvalue weighted by molar-refractivity contribution is -0.139. The largest absolute Gasteiger partial charge is 0.493 e. The van der Waals surface area contributed by atoms with Crippen molar-refractivity contribution in [2.24, 2.45) is 23.2 Å². The molecule has 4 aliphatic carbocycles. The summed E-state index contributed by atoms with van der Waals surface area (Å²) in [6, 6.07) is 2.73. The van der Waals surface area contributed by atoms with E-state index in [1.54, 1.807) is 19.3 Å². The Morgan fingerprint density at radius 3 is 2.32 bits per heavy atom. The predicted octanol–water partition coefficient (Wildman–Crippen LogP) is 4.77. The first-order valence-electron chi connectivity index (χ1n) is 12.2. The van der Waals surface area contributed by atoms with Crippen LogP contribution in [-0.4, -0.2) is 42.5 Å². The van der Waals surface area contributed by atoms with Gasteiger partial charge in [0.15, 0.2) is 11.5 Å². The van der Waals surface area contributed by atoms with Crippen molar-refractivity contribution in [3.63, 3.8) is 0 Å². The van der Waals surface area contributed by atoms with E-state index >= 15 is 0 Å². The van der Waals surface area contributed by atoms with Crippen molar-refractivity contribution in [3.05, 3.63) is 26.8 Å². The Labute approximate surface area is 213 Å². The van der Waals surface area contributed by atoms with Gasteiger partial charge in [-0.25, -0.2) is 4.79 Å². The van der Waals surface area contributed by atoms with Gasteiger partial charge in [0.05, 0.1) is 17.3 Å². The Balaban J connectivity index is 1.47. The van der Waals surface area contributed by atoms with Gasteiger partial charge in [0.2, 0.25) is 0 Å². The van der Waals surface area contributed by atoms with E-state index < -0.39 is 17.8 Å². The molecule has 1 saturated heterocycles. The van der Waals surface area contributed by atoms with E-state index in [1.807, 2.05) is 19.9 Å². The van der Waals surface area contributed by atoms with Gasteiger partial charge in [-0.3, -0.25) is 19.8 Å². The number of halogens is 1. The lowest BCUT2D eigenvalue weighted by atomic mass is 9.47. The molecule has 4 amide bonds. The minimum atomic E-state index is -0.660. The highest BCUT2D eigenvalue weighted by atomic mass is 127. The molecule has 182 valence electrons. The van der Waals surface area contributed by atoms with Gasteiger partial charge in [-0.2, -0.15) is 0 Å². The maximum Gasteiger partial charge on any atom is 0.331 e. The van der Waals surface area contributed by atoms with Crippen molar-refractivity contribution >= 4 is 46.5 Å². The molecular formula is C26H31IN2O5. The number of carbonyl (C=O) groups is 3. The van der Waals surface area contributed by atoms with Crippen LogP contribution in [0.1, 0.15) is 57.9 Å². The topological polar surface area (TPSA) is 84.9 Å². The average molecular weight is 578 g/mol. The van der Waals surface area contributed by atoms with Gasteiger partial charge in [0, 0.05) is 6.04 Å². The molecule has 5 aliphatic rings. The van der Waals surface area contributed by atoms with Crippen LogP contribution in [0.4, 0.5) is 4.79 Å². The lowest BCUT2D eigenvalue weighted by Crippen LogP contribution is -2.63.